The van der Waals surface area contributed by atoms with Crippen molar-refractivity contribution in [1.82, 2.24) is 0 Å². The second kappa shape index (κ2) is 4.25. The lowest BCUT2D eigenvalue weighted by molar-refractivity contribution is -0.328. The van der Waals surface area contributed by atoms with E-state index in [4.69, 9.17) is 5.11 Å². The van der Waals surface area contributed by atoms with Crippen LogP contribution in [0, 0.1) is 0 Å². The topological polar surface area (TPSA) is 46.5 Å². The molecule has 1 atom stereocenters. The number of halogens is 6. The summed E-state index contributed by atoms with van der Waals surface area (Å²) < 4.78 is 74.2. The quantitative estimate of drug-likeness (QED) is 0.767. The number of hydrogen-bond donors (Lipinski definition) is 1. The molecule has 0 aromatic rings. The van der Waals surface area contributed by atoms with E-state index in [9.17, 15) is 31.1 Å². The minimum Gasteiger partial charge on any atom is -0.479 e. The molecule has 3 nitrogen and oxygen atoms in total. The van der Waals surface area contributed by atoms with Crippen LogP contribution in [0.15, 0.2) is 0 Å². The Hall–Kier alpha value is -0.990. The van der Waals surface area contributed by atoms with E-state index in [1.54, 1.807) is 0 Å². The van der Waals surface area contributed by atoms with Gasteiger partial charge in [-0.2, -0.15) is 26.3 Å². The Labute approximate surface area is 79.6 Å². The average molecular weight is 240 g/mol. The van der Waals surface area contributed by atoms with E-state index in [1.807, 2.05) is 0 Å². The van der Waals surface area contributed by atoms with E-state index < -0.39 is 30.5 Å². The van der Waals surface area contributed by atoms with E-state index in [-0.39, 0.29) is 0 Å². The molecule has 0 rings (SSSR count). The summed E-state index contributed by atoms with van der Waals surface area (Å²) in [6.45, 7) is 0.576. The van der Waals surface area contributed by atoms with Crippen LogP contribution < -0.4 is 0 Å². The van der Waals surface area contributed by atoms with E-state index in [2.05, 4.69) is 4.74 Å². The minimum absolute atomic E-state index is 0.576. The van der Waals surface area contributed by atoms with Crippen molar-refractivity contribution in [2.45, 2.75) is 31.5 Å². The van der Waals surface area contributed by atoms with Gasteiger partial charge in [-0.05, 0) is 6.92 Å². The van der Waals surface area contributed by atoms with Gasteiger partial charge in [0, 0.05) is 0 Å². The van der Waals surface area contributed by atoms with Gasteiger partial charge in [-0.25, -0.2) is 4.79 Å². The fraction of sp³-hybridized carbons (Fsp3) is 0.833. The van der Waals surface area contributed by atoms with E-state index in [0.717, 1.165) is 0 Å². The van der Waals surface area contributed by atoms with Crippen LogP contribution in [0.25, 0.3) is 0 Å². The van der Waals surface area contributed by atoms with Gasteiger partial charge in [-0.15, -0.1) is 0 Å². The fourth-order valence-corrected chi connectivity index (χ4v) is 0.602. The summed E-state index contributed by atoms with van der Waals surface area (Å²) in [7, 11) is 0. The highest BCUT2D eigenvalue weighted by Gasteiger charge is 2.58. The van der Waals surface area contributed by atoms with Crippen molar-refractivity contribution in [3.05, 3.63) is 0 Å². The molecule has 0 spiro atoms. The second-order valence-corrected chi connectivity index (χ2v) is 2.58. The van der Waals surface area contributed by atoms with Crippen molar-refractivity contribution in [2.24, 2.45) is 0 Å². The summed E-state index contributed by atoms with van der Waals surface area (Å²) in [5, 5.41) is 8.10. The van der Waals surface area contributed by atoms with Gasteiger partial charge in [-0.1, -0.05) is 0 Å². The molecule has 9 heteroatoms. The van der Waals surface area contributed by atoms with Crippen LogP contribution in [0.3, 0.4) is 0 Å². The normalized spacial score (nSPS) is 15.5. The third-order valence-corrected chi connectivity index (χ3v) is 1.28. The summed E-state index contributed by atoms with van der Waals surface area (Å²) in [6, 6.07) is 0. The largest absolute Gasteiger partial charge is 0.479 e. The smallest absolute Gasteiger partial charge is 0.423 e. The predicted molar refractivity (Wildman–Crippen MR) is 34.1 cm³/mol. The Kier molecular flexibility index (Phi) is 3.97. The Balaban J connectivity index is 4.77. The highest BCUT2D eigenvalue weighted by atomic mass is 19.4. The van der Waals surface area contributed by atoms with Gasteiger partial charge in [0.25, 0.3) is 0 Å². The Morgan fingerprint density at radius 2 is 1.47 bits per heavy atom. The first kappa shape index (κ1) is 14.0. The lowest BCUT2D eigenvalue weighted by Crippen LogP contribution is -2.47. The molecule has 0 radical (unpaired) electrons. The van der Waals surface area contributed by atoms with Gasteiger partial charge in [0.1, 0.15) is 0 Å². The molecule has 0 aliphatic carbocycles. The Morgan fingerprint density at radius 1 is 1.13 bits per heavy atom. The molecule has 0 saturated carbocycles. The first-order valence-electron chi connectivity index (χ1n) is 3.48. The van der Waals surface area contributed by atoms with Gasteiger partial charge < -0.3 is 9.84 Å². The zero-order chi connectivity index (χ0) is 12.4. The van der Waals surface area contributed by atoms with Crippen LogP contribution in [0.4, 0.5) is 26.3 Å². The first-order chi connectivity index (χ1) is 6.46. The van der Waals surface area contributed by atoms with E-state index >= 15 is 0 Å². The summed E-state index contributed by atoms with van der Waals surface area (Å²) in [4.78, 5) is 10.0. The molecular weight excluding hydrogens is 234 g/mol. The molecular formula is C6H6F6O3. The standard InChI is InChI=1S/C6H6F6O3/c1-2(3(13)14)15-4(5(7,8)9)6(10,11)12/h2,4H,1H3,(H,13,14). The molecule has 90 valence electrons. The summed E-state index contributed by atoms with van der Waals surface area (Å²) in [6.07, 6.45) is -17.7. The summed E-state index contributed by atoms with van der Waals surface area (Å²) >= 11 is 0. The molecule has 0 amide bonds. The number of alkyl halides is 6. The zero-order valence-electron chi connectivity index (χ0n) is 7.19. The molecule has 0 heterocycles. The van der Waals surface area contributed by atoms with Crippen molar-refractivity contribution in [3.8, 4) is 0 Å². The third kappa shape index (κ3) is 4.36. The van der Waals surface area contributed by atoms with Crippen LogP contribution in [0.5, 0.6) is 0 Å². The first-order valence-corrected chi connectivity index (χ1v) is 3.48. The molecule has 0 aromatic carbocycles. The maximum absolute atomic E-state index is 11.8. The molecule has 15 heavy (non-hydrogen) atoms. The molecule has 0 fully saturated rings. The predicted octanol–water partition coefficient (Wildman–Crippen LogP) is 1.97. The van der Waals surface area contributed by atoms with E-state index in [0.29, 0.717) is 6.92 Å². The Morgan fingerprint density at radius 3 is 1.67 bits per heavy atom. The minimum atomic E-state index is -5.69. The maximum atomic E-state index is 11.8. The number of aliphatic carboxylic acids is 1. The van der Waals surface area contributed by atoms with Gasteiger partial charge in [0.2, 0.25) is 6.10 Å². The van der Waals surface area contributed by atoms with Crippen molar-refractivity contribution < 1.29 is 41.0 Å². The number of rotatable bonds is 3. The van der Waals surface area contributed by atoms with Crippen molar-refractivity contribution >= 4 is 5.97 Å². The van der Waals surface area contributed by atoms with E-state index in [1.165, 1.54) is 0 Å². The third-order valence-electron chi connectivity index (χ3n) is 1.28. The molecule has 1 unspecified atom stereocenters. The number of carboxylic acid groups (broad SMARTS) is 1. The SMILES string of the molecule is CC(OC(C(F)(F)F)C(F)(F)F)C(=O)O. The van der Waals surface area contributed by atoms with Crippen molar-refractivity contribution in [3.63, 3.8) is 0 Å². The molecule has 0 aliphatic rings. The average Bonchev–Trinajstić information content (AvgIpc) is 1.94. The maximum Gasteiger partial charge on any atom is 0.423 e. The fourth-order valence-electron chi connectivity index (χ4n) is 0.602. The van der Waals surface area contributed by atoms with Crippen LogP contribution in [0.1, 0.15) is 6.92 Å². The highest BCUT2D eigenvalue weighted by Crippen LogP contribution is 2.36. The van der Waals surface area contributed by atoms with Gasteiger partial charge >= 0.3 is 18.3 Å². The molecule has 1 N–H and O–H groups in total. The monoisotopic (exact) mass is 240 g/mol. The van der Waals surface area contributed by atoms with Crippen LogP contribution >= 0.6 is 0 Å². The van der Waals surface area contributed by atoms with Gasteiger partial charge in [0.05, 0.1) is 0 Å². The second-order valence-electron chi connectivity index (χ2n) is 2.58. The highest BCUT2D eigenvalue weighted by molar-refractivity contribution is 5.71. The number of carbonyl (C=O) groups is 1. The number of carboxylic acids is 1. The Bertz CT molecular complexity index is 218. The van der Waals surface area contributed by atoms with Crippen LogP contribution in [0.2, 0.25) is 0 Å². The number of hydrogen-bond acceptors (Lipinski definition) is 2. The molecule has 0 saturated heterocycles. The molecule has 0 aliphatic heterocycles. The summed E-state index contributed by atoms with van der Waals surface area (Å²) in [5.41, 5.74) is 0. The molecule has 0 bridgehead atoms. The lowest BCUT2D eigenvalue weighted by Gasteiger charge is -2.24. The van der Waals surface area contributed by atoms with Gasteiger partial charge in [0.15, 0.2) is 6.10 Å². The summed E-state index contributed by atoms with van der Waals surface area (Å²) in [5.74, 6) is -1.91. The van der Waals surface area contributed by atoms with Crippen molar-refractivity contribution in [1.29, 1.82) is 0 Å². The van der Waals surface area contributed by atoms with Crippen molar-refractivity contribution in [2.75, 3.05) is 0 Å². The lowest BCUT2D eigenvalue weighted by atomic mass is 10.3. The molecule has 0 aromatic heterocycles. The zero-order valence-corrected chi connectivity index (χ0v) is 7.19. The van der Waals surface area contributed by atoms with Crippen LogP contribution in [-0.4, -0.2) is 35.6 Å². The number of ether oxygens (including phenoxy) is 1. The van der Waals surface area contributed by atoms with Crippen LogP contribution in [-0.2, 0) is 9.53 Å². The van der Waals surface area contributed by atoms with Gasteiger partial charge in [-0.3, -0.25) is 0 Å².